The molecule has 0 saturated heterocycles. The molecule has 0 aliphatic carbocycles. The molecule has 0 aliphatic heterocycles. The van der Waals surface area contributed by atoms with Crippen LogP contribution in [0.5, 0.6) is 0 Å². The van der Waals surface area contributed by atoms with Gasteiger partial charge < -0.3 is 49.3 Å². The van der Waals surface area contributed by atoms with Gasteiger partial charge in [-0.15, -0.1) is 0 Å². The Labute approximate surface area is 281 Å². The molecule has 0 aliphatic rings. The number of esters is 3. The summed E-state index contributed by atoms with van der Waals surface area (Å²) in [5, 5.41) is 2.40. The number of nitrogens with one attached hydrogen (secondary N) is 1. The van der Waals surface area contributed by atoms with Gasteiger partial charge in [-0.25, -0.2) is 28.8 Å². The van der Waals surface area contributed by atoms with Crippen molar-refractivity contribution in [2.75, 3.05) is 59.6 Å². The van der Waals surface area contributed by atoms with Crippen LogP contribution in [0.1, 0.15) is 31.1 Å². The summed E-state index contributed by atoms with van der Waals surface area (Å²) in [5.74, 6) is -2.10. The lowest BCUT2D eigenvalue weighted by Crippen LogP contribution is -2.45. The number of carbonyl (C=O) groups excluding carboxylic acids is 6. The summed E-state index contributed by atoms with van der Waals surface area (Å²) in [6, 6.07) is 24.3. The van der Waals surface area contributed by atoms with E-state index in [2.05, 4.69) is 5.32 Å². The van der Waals surface area contributed by atoms with Crippen LogP contribution >= 0.6 is 0 Å². The van der Waals surface area contributed by atoms with E-state index in [0.29, 0.717) is 0 Å². The second kappa shape index (κ2) is 20.9. The van der Waals surface area contributed by atoms with Crippen molar-refractivity contribution >= 4 is 36.2 Å². The van der Waals surface area contributed by atoms with Crippen LogP contribution in [0, 0.1) is 0 Å². The molecule has 260 valence electrons. The highest BCUT2D eigenvalue weighted by atomic mass is 16.7. The quantitative estimate of drug-likeness (QED) is 0.120. The third-order valence-corrected chi connectivity index (χ3v) is 6.36. The van der Waals surface area contributed by atoms with Gasteiger partial charge in [0.1, 0.15) is 0 Å². The summed E-state index contributed by atoms with van der Waals surface area (Å²) in [6.07, 6.45) is -2.75. The number of carbonyl (C=O) groups is 6. The van der Waals surface area contributed by atoms with Crippen molar-refractivity contribution in [3.8, 4) is 0 Å². The van der Waals surface area contributed by atoms with Crippen LogP contribution in [0.25, 0.3) is 0 Å². The highest BCUT2D eigenvalue weighted by molar-refractivity contribution is 5.90. The molecule has 3 aromatic carbocycles. The van der Waals surface area contributed by atoms with E-state index in [9.17, 15) is 28.8 Å². The lowest BCUT2D eigenvalue weighted by molar-refractivity contribution is -0.0176. The van der Waals surface area contributed by atoms with Crippen molar-refractivity contribution in [1.29, 1.82) is 0 Å². The fraction of sp³-hybridized carbons (Fsp3) is 0.273. The van der Waals surface area contributed by atoms with Crippen molar-refractivity contribution in [3.63, 3.8) is 0 Å². The Kier molecular flexibility index (Phi) is 15.9. The molecule has 3 amide bonds. The molecule has 0 aromatic heterocycles. The first-order valence-electron chi connectivity index (χ1n) is 14.9. The van der Waals surface area contributed by atoms with E-state index in [0.717, 1.165) is 4.90 Å². The van der Waals surface area contributed by atoms with Crippen LogP contribution in [0.2, 0.25) is 0 Å². The highest BCUT2D eigenvalue weighted by Crippen LogP contribution is 2.05. The minimum atomic E-state index is -0.940. The number of nitrogens with two attached hydrogens (primary N) is 1. The smallest absolute Gasteiger partial charge is 0.412 e. The zero-order chi connectivity index (χ0) is 35.3. The van der Waals surface area contributed by atoms with Gasteiger partial charge in [0, 0.05) is 39.3 Å². The predicted molar refractivity (Wildman–Crippen MR) is 170 cm³/mol. The maximum absolute atomic E-state index is 12.9. The first-order chi connectivity index (χ1) is 23.8. The average Bonchev–Trinajstić information content (AvgIpc) is 3.13. The van der Waals surface area contributed by atoms with E-state index >= 15 is 0 Å². The van der Waals surface area contributed by atoms with Gasteiger partial charge >= 0.3 is 36.2 Å². The van der Waals surface area contributed by atoms with Crippen molar-refractivity contribution in [2.24, 2.45) is 5.73 Å². The Bertz CT molecular complexity index is 1510. The van der Waals surface area contributed by atoms with E-state index in [1.54, 1.807) is 54.6 Å². The predicted octanol–water partition coefficient (Wildman–Crippen LogP) is 2.99. The minimum absolute atomic E-state index is 0.0231. The largest absolute Gasteiger partial charge is 0.424 e. The molecule has 3 aromatic rings. The maximum Gasteiger partial charge on any atom is 0.412 e. The fourth-order valence-corrected chi connectivity index (χ4v) is 3.89. The first kappa shape index (κ1) is 37.3. The number of hydrogen-bond donors (Lipinski definition) is 2. The van der Waals surface area contributed by atoms with Gasteiger partial charge in [0.25, 0.3) is 0 Å². The Morgan fingerprint density at radius 1 is 0.490 bits per heavy atom. The van der Waals surface area contributed by atoms with Gasteiger partial charge in [-0.2, -0.15) is 0 Å². The molecule has 16 heteroatoms. The van der Waals surface area contributed by atoms with E-state index in [1.807, 2.05) is 0 Å². The second-order valence-electron chi connectivity index (χ2n) is 9.69. The molecule has 0 unspecified atom stereocenters. The Morgan fingerprint density at radius 3 is 1.24 bits per heavy atom. The van der Waals surface area contributed by atoms with Crippen LogP contribution in [0.4, 0.5) is 14.4 Å². The van der Waals surface area contributed by atoms with Gasteiger partial charge in [0.05, 0.1) is 16.7 Å². The molecule has 3 rings (SSSR count). The molecule has 49 heavy (non-hydrogen) atoms. The van der Waals surface area contributed by atoms with Gasteiger partial charge in [0.2, 0.25) is 20.4 Å². The summed E-state index contributed by atoms with van der Waals surface area (Å²) in [4.78, 5) is 76.4. The molecule has 0 radical (unpaired) electrons. The van der Waals surface area contributed by atoms with Gasteiger partial charge in [-0.1, -0.05) is 54.6 Å². The van der Waals surface area contributed by atoms with E-state index in [4.69, 9.17) is 34.2 Å². The van der Waals surface area contributed by atoms with Crippen LogP contribution < -0.4 is 11.1 Å². The van der Waals surface area contributed by atoms with E-state index in [-0.39, 0.29) is 56.0 Å². The number of hydrogen-bond acceptors (Lipinski definition) is 13. The van der Waals surface area contributed by atoms with Crippen molar-refractivity contribution in [1.82, 2.24) is 15.1 Å². The number of ether oxygens (including phenoxy) is 6. The monoisotopic (exact) mass is 680 g/mol. The number of nitrogens with zero attached hydrogens (tertiary/aromatic N) is 2. The van der Waals surface area contributed by atoms with Crippen LogP contribution in [-0.4, -0.2) is 106 Å². The minimum Gasteiger partial charge on any atom is -0.424 e. The fourth-order valence-electron chi connectivity index (χ4n) is 3.89. The molecule has 0 bridgehead atoms. The zero-order valence-electron chi connectivity index (χ0n) is 26.4. The number of rotatable bonds is 17. The van der Waals surface area contributed by atoms with E-state index in [1.165, 1.54) is 41.3 Å². The lowest BCUT2D eigenvalue weighted by Gasteiger charge is -2.26. The number of benzene rings is 3. The average molecular weight is 681 g/mol. The van der Waals surface area contributed by atoms with E-state index < -0.39 is 56.6 Å². The molecule has 0 fully saturated rings. The summed E-state index contributed by atoms with van der Waals surface area (Å²) in [7, 11) is 0. The zero-order valence-corrected chi connectivity index (χ0v) is 26.4. The Hall–Kier alpha value is -6.16. The van der Waals surface area contributed by atoms with Gasteiger partial charge in [-0.3, -0.25) is 0 Å². The molecule has 0 saturated carbocycles. The molecule has 0 spiro atoms. The van der Waals surface area contributed by atoms with Crippen molar-refractivity contribution in [2.45, 2.75) is 0 Å². The van der Waals surface area contributed by atoms with Crippen molar-refractivity contribution < 1.29 is 57.2 Å². The number of alkyl carbamates (subject to hydrolysis) is 1. The molecule has 16 nitrogen and oxygen atoms in total. The van der Waals surface area contributed by atoms with Gasteiger partial charge in [-0.05, 0) is 36.4 Å². The lowest BCUT2D eigenvalue weighted by atomic mass is 10.2. The third-order valence-electron chi connectivity index (χ3n) is 6.36. The highest BCUT2D eigenvalue weighted by Gasteiger charge is 2.21. The van der Waals surface area contributed by atoms with Crippen LogP contribution in [0.15, 0.2) is 91.0 Å². The first-order valence-corrected chi connectivity index (χ1v) is 14.9. The molecule has 0 heterocycles. The topological polar surface area (TPSA) is 202 Å². The Morgan fingerprint density at radius 2 is 0.857 bits per heavy atom. The summed E-state index contributed by atoms with van der Waals surface area (Å²) in [6.45, 7) is -2.53. The second-order valence-corrected chi connectivity index (χ2v) is 9.69. The number of amides is 3. The molecular weight excluding hydrogens is 644 g/mol. The van der Waals surface area contributed by atoms with Crippen molar-refractivity contribution in [3.05, 3.63) is 108 Å². The summed E-state index contributed by atoms with van der Waals surface area (Å²) in [5.41, 5.74) is 6.44. The summed E-state index contributed by atoms with van der Waals surface area (Å²) < 4.78 is 29.9. The third kappa shape index (κ3) is 13.6. The standard InChI is InChI=1S/C33H36N4O12/c34-16-18-36(32(42)48-23-45-29(39)26-12-6-2-7-13-26)20-21-37(33(43)49-24-46-30(40)27-14-8-3-9-15-27)19-17-35-31(41)47-22-44-28(38)25-10-4-1-5-11-25/h1-15H,16-24,34H2,(H,35,41). The maximum atomic E-state index is 12.9. The van der Waals surface area contributed by atoms with Gasteiger partial charge in [0.15, 0.2) is 0 Å². The van der Waals surface area contributed by atoms with Crippen LogP contribution in [0.3, 0.4) is 0 Å². The molecule has 0 atom stereocenters. The normalized spacial score (nSPS) is 10.1. The molecular formula is C33H36N4O12. The SMILES string of the molecule is NCCN(CCN(CCNC(=O)OCOC(=O)c1ccccc1)C(=O)OCOC(=O)c1ccccc1)C(=O)OCOC(=O)c1ccccc1. The molecule has 3 N–H and O–H groups in total. The van der Waals surface area contributed by atoms with Crippen LogP contribution in [-0.2, 0) is 28.4 Å². The summed E-state index contributed by atoms with van der Waals surface area (Å²) >= 11 is 0. The Balaban J connectivity index is 1.51.